The van der Waals surface area contributed by atoms with E-state index in [0.29, 0.717) is 60.9 Å². The van der Waals surface area contributed by atoms with Crippen LogP contribution in [0.3, 0.4) is 0 Å². The number of nitrogens with one attached hydrogen (secondary N) is 2. The third-order valence-electron chi connectivity index (χ3n) is 7.12. The van der Waals surface area contributed by atoms with Crippen molar-refractivity contribution >= 4 is 57.9 Å². The number of hydrogen-bond donors (Lipinski definition) is 4. The molecule has 0 radical (unpaired) electrons. The molecule has 2 saturated carbocycles. The first-order chi connectivity index (χ1) is 17.3. The summed E-state index contributed by atoms with van der Waals surface area (Å²) in [6.45, 7) is 0. The van der Waals surface area contributed by atoms with Crippen molar-refractivity contribution in [3.8, 4) is 0 Å². The number of anilines is 3. The summed E-state index contributed by atoms with van der Waals surface area (Å²) in [6.07, 6.45) is 7.38. The van der Waals surface area contributed by atoms with Crippen LogP contribution < -0.4 is 16.4 Å². The van der Waals surface area contributed by atoms with E-state index >= 15 is 0 Å². The molecule has 2 aliphatic carbocycles. The van der Waals surface area contributed by atoms with Crippen molar-refractivity contribution in [3.63, 3.8) is 0 Å². The van der Waals surface area contributed by atoms with Gasteiger partial charge in [-0.05, 0) is 63.5 Å². The molecule has 1 aromatic carbocycles. The third-order valence-corrected chi connectivity index (χ3v) is 7.72. The Balaban J connectivity index is 1.51. The minimum absolute atomic E-state index is 0.00893. The van der Waals surface area contributed by atoms with Gasteiger partial charge in [-0.1, -0.05) is 23.2 Å². The number of aromatic nitrogens is 4. The van der Waals surface area contributed by atoms with E-state index in [0.717, 1.165) is 19.3 Å². The summed E-state index contributed by atoms with van der Waals surface area (Å²) in [5.74, 6) is -0.0719. The number of nitrogens with two attached hydrogens (primary N) is 1. The summed E-state index contributed by atoms with van der Waals surface area (Å²) in [5.41, 5.74) is 7.06. The normalized spacial score (nSPS) is 24.6. The second-order valence-electron chi connectivity index (χ2n) is 9.65. The number of rotatable bonds is 6. The van der Waals surface area contributed by atoms with Crippen molar-refractivity contribution in [2.45, 2.75) is 69.6 Å². The van der Waals surface area contributed by atoms with Crippen molar-refractivity contribution in [3.05, 3.63) is 34.2 Å². The van der Waals surface area contributed by atoms with Crippen molar-refractivity contribution in [1.82, 2.24) is 19.5 Å². The van der Waals surface area contributed by atoms with Crippen LogP contribution in [0.5, 0.6) is 0 Å². The van der Waals surface area contributed by atoms with E-state index in [9.17, 15) is 14.3 Å². The molecule has 5 N–H and O–H groups in total. The second-order valence-corrected chi connectivity index (χ2v) is 10.5. The van der Waals surface area contributed by atoms with Crippen molar-refractivity contribution < 1.29 is 14.3 Å². The number of aliphatic hydroxyl groups is 1. The SMILES string of the molecule is NC(=O)[C@H]1CC[C@@H](n2c(Nc3c(Cl)cc(F)cc3Cl)nc3cnc(NC4CCC[C@H](O)C4)nc32)CC1. The molecule has 0 aliphatic heterocycles. The monoisotopic (exact) mass is 535 g/mol. The molecular weight excluding hydrogens is 508 g/mol. The van der Waals surface area contributed by atoms with Gasteiger partial charge in [-0.15, -0.1) is 0 Å². The molecule has 192 valence electrons. The number of nitrogens with zero attached hydrogens (tertiary/aromatic N) is 4. The van der Waals surface area contributed by atoms with Gasteiger partial charge < -0.3 is 21.5 Å². The number of benzene rings is 1. The molecular formula is C24H28Cl2FN7O2. The molecule has 0 bridgehead atoms. The van der Waals surface area contributed by atoms with Gasteiger partial charge in [0.15, 0.2) is 5.65 Å². The molecule has 2 heterocycles. The molecule has 9 nitrogen and oxygen atoms in total. The first-order valence-electron chi connectivity index (χ1n) is 12.2. The molecule has 2 aliphatic rings. The molecule has 5 rings (SSSR count). The Morgan fingerprint density at radius 2 is 1.83 bits per heavy atom. The molecule has 0 spiro atoms. The third kappa shape index (κ3) is 5.21. The predicted molar refractivity (Wildman–Crippen MR) is 137 cm³/mol. The maximum atomic E-state index is 13.8. The van der Waals surface area contributed by atoms with E-state index in [2.05, 4.69) is 15.6 Å². The van der Waals surface area contributed by atoms with Gasteiger partial charge in [0.1, 0.15) is 11.3 Å². The molecule has 2 aromatic heterocycles. The number of aliphatic hydroxyl groups excluding tert-OH is 1. The predicted octanol–water partition coefficient (Wildman–Crippen LogP) is 4.95. The number of fused-ring (bicyclic) bond motifs is 1. The Bertz CT molecular complexity index is 1260. The Morgan fingerprint density at radius 1 is 1.11 bits per heavy atom. The first kappa shape index (κ1) is 25.0. The van der Waals surface area contributed by atoms with Gasteiger partial charge in [0.2, 0.25) is 17.8 Å². The lowest BCUT2D eigenvalue weighted by Gasteiger charge is -2.29. The minimum atomic E-state index is -0.539. The highest BCUT2D eigenvalue weighted by Crippen LogP contribution is 2.39. The average Bonchev–Trinajstić information content (AvgIpc) is 3.18. The number of amides is 1. The van der Waals surface area contributed by atoms with Gasteiger partial charge in [-0.3, -0.25) is 9.36 Å². The van der Waals surface area contributed by atoms with Gasteiger partial charge in [-0.2, -0.15) is 4.98 Å². The molecule has 2 fully saturated rings. The summed E-state index contributed by atoms with van der Waals surface area (Å²) < 4.78 is 15.7. The van der Waals surface area contributed by atoms with Crippen LogP contribution in [0.1, 0.15) is 57.4 Å². The molecule has 3 aromatic rings. The molecule has 36 heavy (non-hydrogen) atoms. The summed E-state index contributed by atoms with van der Waals surface area (Å²) in [5, 5.41) is 16.8. The highest BCUT2D eigenvalue weighted by Gasteiger charge is 2.30. The largest absolute Gasteiger partial charge is 0.393 e. The van der Waals surface area contributed by atoms with Crippen LogP contribution in [0, 0.1) is 11.7 Å². The number of hydrogen-bond acceptors (Lipinski definition) is 7. The van der Waals surface area contributed by atoms with Crippen LogP contribution in [0.25, 0.3) is 11.2 Å². The highest BCUT2D eigenvalue weighted by atomic mass is 35.5. The lowest BCUT2D eigenvalue weighted by molar-refractivity contribution is -0.122. The smallest absolute Gasteiger partial charge is 0.224 e. The molecule has 12 heteroatoms. The number of imidazole rings is 1. The van der Waals surface area contributed by atoms with Crippen LogP contribution in [0.2, 0.25) is 10.0 Å². The van der Waals surface area contributed by atoms with Crippen LogP contribution >= 0.6 is 23.2 Å². The Morgan fingerprint density at radius 3 is 2.50 bits per heavy atom. The standard InChI is InChI=1S/C24H28Cl2FN7O2/c25-17-8-13(27)9-18(26)20(17)32-24-31-19-11-29-23(30-14-2-1-3-16(35)10-14)33-22(19)34(24)15-6-4-12(5-7-15)21(28)36/h8-9,11-12,14-16,35H,1-7,10H2,(H2,28,36)(H,31,32)(H,29,30,33)/t12-,14?,15+,16-/m0/s1. The summed E-state index contributed by atoms with van der Waals surface area (Å²) >= 11 is 12.6. The molecule has 2 atom stereocenters. The number of carbonyl (C=O) groups excluding carboxylic acids is 1. The topological polar surface area (TPSA) is 131 Å². The number of halogens is 3. The van der Waals surface area contributed by atoms with Crippen LogP contribution in [0.15, 0.2) is 18.3 Å². The maximum absolute atomic E-state index is 13.8. The maximum Gasteiger partial charge on any atom is 0.224 e. The van der Waals surface area contributed by atoms with Crippen LogP contribution in [-0.2, 0) is 4.79 Å². The Kier molecular flexibility index (Phi) is 7.18. The zero-order valence-corrected chi connectivity index (χ0v) is 21.1. The van der Waals surface area contributed by atoms with Crippen LogP contribution in [0.4, 0.5) is 22.0 Å². The summed E-state index contributed by atoms with van der Waals surface area (Å²) in [6, 6.07) is 2.44. The Hall–Kier alpha value is -2.69. The molecule has 0 saturated heterocycles. The number of primary amides is 1. The van der Waals surface area contributed by atoms with Gasteiger partial charge in [0.25, 0.3) is 0 Å². The summed E-state index contributed by atoms with van der Waals surface area (Å²) in [4.78, 5) is 25.6. The fourth-order valence-corrected chi connectivity index (χ4v) is 5.82. The molecule has 1 unspecified atom stereocenters. The molecule has 1 amide bonds. The minimum Gasteiger partial charge on any atom is -0.393 e. The van der Waals surface area contributed by atoms with Gasteiger partial charge in [0.05, 0.1) is 28.0 Å². The van der Waals surface area contributed by atoms with E-state index in [1.165, 1.54) is 12.1 Å². The fraction of sp³-hybridized carbons (Fsp3) is 0.500. The highest BCUT2D eigenvalue weighted by molar-refractivity contribution is 6.39. The van der Waals surface area contributed by atoms with Gasteiger partial charge in [0, 0.05) is 18.0 Å². The van der Waals surface area contributed by atoms with Crippen molar-refractivity contribution in [2.24, 2.45) is 11.7 Å². The lowest BCUT2D eigenvalue weighted by atomic mass is 9.85. The van der Waals surface area contributed by atoms with Gasteiger partial charge in [-0.25, -0.2) is 14.4 Å². The zero-order valence-electron chi connectivity index (χ0n) is 19.6. The van der Waals surface area contributed by atoms with E-state index in [1.807, 2.05) is 4.57 Å². The van der Waals surface area contributed by atoms with Crippen LogP contribution in [-0.4, -0.2) is 42.7 Å². The Labute approximate surface area is 217 Å². The lowest BCUT2D eigenvalue weighted by Crippen LogP contribution is -2.30. The van der Waals surface area contributed by atoms with E-state index in [4.69, 9.17) is 38.9 Å². The average molecular weight is 536 g/mol. The zero-order chi connectivity index (χ0) is 25.4. The fourth-order valence-electron chi connectivity index (χ4n) is 5.26. The first-order valence-corrected chi connectivity index (χ1v) is 12.9. The van der Waals surface area contributed by atoms with E-state index in [-0.39, 0.29) is 40.1 Å². The van der Waals surface area contributed by atoms with Gasteiger partial charge >= 0.3 is 0 Å². The van der Waals surface area contributed by atoms with Crippen molar-refractivity contribution in [2.75, 3.05) is 10.6 Å². The number of carbonyl (C=O) groups is 1. The van der Waals surface area contributed by atoms with Crippen molar-refractivity contribution in [1.29, 1.82) is 0 Å². The second kappa shape index (κ2) is 10.4. The van der Waals surface area contributed by atoms with E-state index in [1.54, 1.807) is 6.20 Å². The summed E-state index contributed by atoms with van der Waals surface area (Å²) in [7, 11) is 0. The van der Waals surface area contributed by atoms with E-state index < -0.39 is 5.82 Å². The quantitative estimate of drug-likeness (QED) is 0.351.